The summed E-state index contributed by atoms with van der Waals surface area (Å²) in [5.41, 5.74) is 17.2. The van der Waals surface area contributed by atoms with Crippen LogP contribution in [0.3, 0.4) is 0 Å². The predicted octanol–water partition coefficient (Wildman–Crippen LogP) is 17.5. The van der Waals surface area contributed by atoms with Gasteiger partial charge in [-0.2, -0.15) is 0 Å². The van der Waals surface area contributed by atoms with Crippen LogP contribution in [-0.4, -0.2) is 28.7 Å². The van der Waals surface area contributed by atoms with Crippen molar-refractivity contribution >= 4 is 65.4 Å². The molecule has 0 unspecified atom stereocenters. The Kier molecular flexibility index (Phi) is 9.78. The number of fused-ring (bicyclic) bond motifs is 9. The van der Waals surface area contributed by atoms with Gasteiger partial charge in [0.15, 0.2) is 17.5 Å². The van der Waals surface area contributed by atoms with Crippen molar-refractivity contribution in [1.29, 1.82) is 0 Å². The van der Waals surface area contributed by atoms with Crippen LogP contribution in [0.15, 0.2) is 267 Å². The standard InChI is InChI=1S/C69H44N6/c1-5-22-45(23-6-1)48-40-41-56(69-71-67(46-24-7-2-8-25-46)70-68(72-69)47-26-9-3-10-27-47)63(42-48)75-61-38-20-16-33-55(61)65-53(34-21-39-62(65)75)57-43-50(74-58-35-17-13-30-51(58)52-31-14-18-36-59(52)74)44-64-66(57)54-32-15-19-37-60(54)73(64)49-28-11-4-12-29-49/h1-44H. The maximum Gasteiger partial charge on any atom is 0.166 e. The van der Waals surface area contributed by atoms with Crippen LogP contribution in [0.4, 0.5) is 0 Å². The van der Waals surface area contributed by atoms with E-state index in [1.807, 2.05) is 36.4 Å². The molecule has 0 spiro atoms. The Balaban J connectivity index is 1.06. The first kappa shape index (κ1) is 42.5. The second kappa shape index (κ2) is 17.3. The van der Waals surface area contributed by atoms with Gasteiger partial charge in [-0.15, -0.1) is 0 Å². The van der Waals surface area contributed by atoms with Crippen LogP contribution in [0, 0.1) is 0 Å². The average Bonchev–Trinajstić information content (AvgIpc) is 4.20. The van der Waals surface area contributed by atoms with Crippen molar-refractivity contribution < 1.29 is 0 Å². The van der Waals surface area contributed by atoms with Gasteiger partial charge < -0.3 is 13.7 Å². The monoisotopic (exact) mass is 956 g/mol. The van der Waals surface area contributed by atoms with Gasteiger partial charge in [0, 0.05) is 60.4 Å². The summed E-state index contributed by atoms with van der Waals surface area (Å²) in [6.07, 6.45) is 0. The smallest absolute Gasteiger partial charge is 0.166 e. The van der Waals surface area contributed by atoms with Crippen molar-refractivity contribution in [2.45, 2.75) is 0 Å². The number of nitrogens with zero attached hydrogens (tertiary/aromatic N) is 6. The van der Waals surface area contributed by atoms with Crippen molar-refractivity contribution in [3.8, 4) is 73.5 Å². The maximum absolute atomic E-state index is 5.33. The summed E-state index contributed by atoms with van der Waals surface area (Å²) < 4.78 is 7.33. The van der Waals surface area contributed by atoms with Gasteiger partial charge in [-0.3, -0.25) is 0 Å². The highest BCUT2D eigenvalue weighted by Gasteiger charge is 2.25. The largest absolute Gasteiger partial charge is 0.309 e. The summed E-state index contributed by atoms with van der Waals surface area (Å²) in [6.45, 7) is 0. The number of hydrogen-bond donors (Lipinski definition) is 0. The minimum absolute atomic E-state index is 0.591. The topological polar surface area (TPSA) is 53.5 Å². The third-order valence-electron chi connectivity index (χ3n) is 14.9. The SMILES string of the molecule is c1ccc(-c2ccc(-c3nc(-c4ccccc4)nc(-c4ccccc4)n3)c(-n3c4ccccc4c4c(-c5cc(-n6c7ccccc7c7ccccc76)cc6c5c5ccccc5n6-c5ccccc5)cccc43)c2)cc1. The molecule has 0 saturated heterocycles. The average molecular weight is 957 g/mol. The molecule has 0 N–H and O–H groups in total. The number of aromatic nitrogens is 6. The second-order valence-electron chi connectivity index (χ2n) is 19.1. The molecule has 11 aromatic carbocycles. The Morgan fingerprint density at radius 1 is 0.227 bits per heavy atom. The fourth-order valence-electron chi connectivity index (χ4n) is 11.6. The summed E-state index contributed by atoms with van der Waals surface area (Å²) in [5, 5.41) is 7.14. The highest BCUT2D eigenvalue weighted by molar-refractivity contribution is 6.23. The van der Waals surface area contributed by atoms with Crippen LogP contribution < -0.4 is 0 Å². The van der Waals surface area contributed by atoms with Gasteiger partial charge in [0.2, 0.25) is 0 Å². The van der Waals surface area contributed by atoms with Crippen LogP contribution in [0.5, 0.6) is 0 Å². The molecule has 0 fully saturated rings. The number of para-hydroxylation sites is 5. The highest BCUT2D eigenvalue weighted by Crippen LogP contribution is 2.47. The highest BCUT2D eigenvalue weighted by atomic mass is 15.1. The van der Waals surface area contributed by atoms with Crippen molar-refractivity contribution in [2.24, 2.45) is 0 Å². The molecule has 6 heteroatoms. The minimum atomic E-state index is 0.591. The van der Waals surface area contributed by atoms with E-state index in [1.165, 1.54) is 21.5 Å². The molecule has 0 aliphatic rings. The Hall–Kier alpha value is -10.2. The van der Waals surface area contributed by atoms with Crippen molar-refractivity contribution in [1.82, 2.24) is 28.7 Å². The Bertz CT molecular complexity index is 4580. The van der Waals surface area contributed by atoms with Crippen LogP contribution in [0.25, 0.3) is 139 Å². The maximum atomic E-state index is 5.33. The number of rotatable bonds is 8. The first-order chi connectivity index (χ1) is 37.2. The molecule has 15 rings (SSSR count). The van der Waals surface area contributed by atoms with Crippen LogP contribution in [0.1, 0.15) is 0 Å². The summed E-state index contributed by atoms with van der Waals surface area (Å²) in [5.74, 6) is 1.82. The molecule has 0 aliphatic carbocycles. The van der Waals surface area contributed by atoms with Gasteiger partial charge in [0.25, 0.3) is 0 Å². The molecule has 15 aromatic rings. The lowest BCUT2D eigenvalue weighted by Crippen LogP contribution is -2.04. The molecule has 0 atom stereocenters. The van der Waals surface area contributed by atoms with Crippen LogP contribution in [-0.2, 0) is 0 Å². The van der Waals surface area contributed by atoms with Crippen LogP contribution in [0.2, 0.25) is 0 Å². The van der Waals surface area contributed by atoms with E-state index in [1.54, 1.807) is 0 Å². The molecule has 6 nitrogen and oxygen atoms in total. The van der Waals surface area contributed by atoms with E-state index in [0.29, 0.717) is 17.5 Å². The van der Waals surface area contributed by atoms with E-state index in [-0.39, 0.29) is 0 Å². The van der Waals surface area contributed by atoms with Gasteiger partial charge in [0.1, 0.15) is 0 Å². The lowest BCUT2D eigenvalue weighted by Gasteiger charge is -2.17. The van der Waals surface area contributed by atoms with E-state index in [2.05, 4.69) is 244 Å². The molecular weight excluding hydrogens is 913 g/mol. The third-order valence-corrected chi connectivity index (χ3v) is 14.9. The second-order valence-corrected chi connectivity index (χ2v) is 19.1. The first-order valence-electron chi connectivity index (χ1n) is 25.4. The van der Waals surface area contributed by atoms with E-state index in [0.717, 1.165) is 99.9 Å². The molecule has 0 aliphatic heterocycles. The molecular formula is C69H44N6. The molecule has 75 heavy (non-hydrogen) atoms. The molecule has 0 bridgehead atoms. The summed E-state index contributed by atoms with van der Waals surface area (Å²) in [4.78, 5) is 15.7. The molecule has 4 aromatic heterocycles. The Morgan fingerprint density at radius 3 is 1.25 bits per heavy atom. The quantitative estimate of drug-likeness (QED) is 0.152. The van der Waals surface area contributed by atoms with Gasteiger partial charge in [-0.25, -0.2) is 15.0 Å². The molecule has 0 amide bonds. The van der Waals surface area contributed by atoms with Gasteiger partial charge in [-0.1, -0.05) is 200 Å². The van der Waals surface area contributed by atoms with Gasteiger partial charge >= 0.3 is 0 Å². The van der Waals surface area contributed by atoms with E-state index in [4.69, 9.17) is 15.0 Å². The minimum Gasteiger partial charge on any atom is -0.309 e. The lowest BCUT2D eigenvalue weighted by atomic mass is 9.94. The third kappa shape index (κ3) is 6.84. The predicted molar refractivity (Wildman–Crippen MR) is 310 cm³/mol. The van der Waals surface area contributed by atoms with Gasteiger partial charge in [0.05, 0.1) is 38.8 Å². The van der Waals surface area contributed by atoms with Crippen molar-refractivity contribution in [3.63, 3.8) is 0 Å². The Labute approximate surface area is 432 Å². The number of hydrogen-bond acceptors (Lipinski definition) is 3. The van der Waals surface area contributed by atoms with Crippen molar-refractivity contribution in [3.05, 3.63) is 267 Å². The zero-order valence-electron chi connectivity index (χ0n) is 40.6. The van der Waals surface area contributed by atoms with E-state index < -0.39 is 0 Å². The normalized spacial score (nSPS) is 11.7. The first-order valence-corrected chi connectivity index (χ1v) is 25.4. The molecule has 4 heterocycles. The fraction of sp³-hybridized carbons (Fsp3) is 0. The summed E-state index contributed by atoms with van der Waals surface area (Å²) in [7, 11) is 0. The summed E-state index contributed by atoms with van der Waals surface area (Å²) >= 11 is 0. The Morgan fingerprint density at radius 2 is 0.667 bits per heavy atom. The van der Waals surface area contributed by atoms with E-state index >= 15 is 0 Å². The van der Waals surface area contributed by atoms with E-state index in [9.17, 15) is 0 Å². The number of benzene rings is 11. The fourth-order valence-corrected chi connectivity index (χ4v) is 11.6. The lowest BCUT2D eigenvalue weighted by molar-refractivity contribution is 1.06. The molecule has 350 valence electrons. The summed E-state index contributed by atoms with van der Waals surface area (Å²) in [6, 6.07) is 95.5. The van der Waals surface area contributed by atoms with Crippen LogP contribution >= 0.6 is 0 Å². The van der Waals surface area contributed by atoms with Crippen molar-refractivity contribution in [2.75, 3.05) is 0 Å². The van der Waals surface area contributed by atoms with Gasteiger partial charge in [-0.05, 0) is 89.0 Å². The molecule has 0 saturated carbocycles. The zero-order chi connectivity index (χ0) is 49.4. The zero-order valence-corrected chi connectivity index (χ0v) is 40.6. The molecule has 0 radical (unpaired) electrons.